The molecular weight excluding hydrogens is 206 g/mol. The van der Waals surface area contributed by atoms with Crippen molar-refractivity contribution in [1.82, 2.24) is 0 Å². The van der Waals surface area contributed by atoms with Crippen LogP contribution in [0.1, 0.15) is 0 Å². The van der Waals surface area contributed by atoms with Gasteiger partial charge in [0.1, 0.15) is 0 Å². The van der Waals surface area contributed by atoms with Crippen LogP contribution < -0.4 is 0 Å². The van der Waals surface area contributed by atoms with Gasteiger partial charge in [-0.05, 0) is 11.2 Å². The molecule has 0 spiro atoms. The maximum Gasteiger partial charge on any atom is 0.274 e. The molecular formula is C5H12ClO5P. The molecule has 0 aromatic carbocycles. The van der Waals surface area contributed by atoms with E-state index >= 15 is 0 Å². The van der Waals surface area contributed by atoms with E-state index < -0.39 is 33.0 Å². The lowest BCUT2D eigenvalue weighted by molar-refractivity contribution is -0.0245. The van der Waals surface area contributed by atoms with E-state index in [4.69, 9.17) is 31.5 Å². The van der Waals surface area contributed by atoms with Crippen LogP contribution in [0.2, 0.25) is 0 Å². The molecule has 0 aliphatic heterocycles. The zero-order chi connectivity index (χ0) is 9.61. The van der Waals surface area contributed by atoms with Crippen LogP contribution in [0.4, 0.5) is 0 Å². The summed E-state index contributed by atoms with van der Waals surface area (Å²) in [7, 11) is -2.04. The molecule has 0 rings (SSSR count). The highest BCUT2D eigenvalue weighted by Gasteiger charge is 2.29. The molecule has 0 bridgehead atoms. The molecule has 7 heteroatoms. The third-order valence-electron chi connectivity index (χ3n) is 1.48. The Morgan fingerprint density at radius 3 is 1.83 bits per heavy atom. The summed E-state index contributed by atoms with van der Waals surface area (Å²) < 4.78 is 4.59. The summed E-state index contributed by atoms with van der Waals surface area (Å²) in [5, 5.41) is 26.3. The summed E-state index contributed by atoms with van der Waals surface area (Å²) >= 11 is 5.11. The molecule has 1 atom stereocenters. The SMILES string of the molecule is OCC(CO)(CO)COP(O)Cl. The molecule has 0 fully saturated rings. The number of hydrogen-bond acceptors (Lipinski definition) is 5. The Hall–Kier alpha value is 0.520. The van der Waals surface area contributed by atoms with Gasteiger partial charge in [-0.25, -0.2) is 0 Å². The van der Waals surface area contributed by atoms with Crippen LogP contribution >= 0.6 is 19.0 Å². The van der Waals surface area contributed by atoms with E-state index in [9.17, 15) is 0 Å². The van der Waals surface area contributed by atoms with Gasteiger partial charge in [-0.2, -0.15) is 0 Å². The second-order valence-corrected chi connectivity index (χ2v) is 4.05. The van der Waals surface area contributed by atoms with Crippen molar-refractivity contribution in [2.75, 3.05) is 26.4 Å². The van der Waals surface area contributed by atoms with E-state index in [1.165, 1.54) is 0 Å². The standard InChI is InChI=1S/C5H12ClO5P/c6-12(10)11-4-5(1-7,2-8)3-9/h7-10H,1-4H2. The lowest BCUT2D eigenvalue weighted by Gasteiger charge is -2.26. The Morgan fingerprint density at radius 1 is 1.17 bits per heavy atom. The zero-order valence-corrected chi connectivity index (χ0v) is 8.00. The maximum absolute atomic E-state index is 8.77. The van der Waals surface area contributed by atoms with E-state index in [2.05, 4.69) is 4.52 Å². The topological polar surface area (TPSA) is 90.2 Å². The highest BCUT2D eigenvalue weighted by atomic mass is 35.7. The first kappa shape index (κ1) is 12.5. The Bertz CT molecular complexity index is 110. The molecule has 0 saturated heterocycles. The van der Waals surface area contributed by atoms with E-state index in [1.807, 2.05) is 0 Å². The van der Waals surface area contributed by atoms with Gasteiger partial charge in [0.2, 0.25) is 0 Å². The molecule has 74 valence electrons. The maximum atomic E-state index is 8.77. The average Bonchev–Trinajstić information content (AvgIpc) is 2.08. The molecule has 0 aliphatic carbocycles. The number of halogens is 1. The van der Waals surface area contributed by atoms with Crippen LogP contribution in [-0.2, 0) is 4.52 Å². The minimum atomic E-state index is -2.04. The van der Waals surface area contributed by atoms with E-state index in [0.717, 1.165) is 0 Å². The average molecular weight is 219 g/mol. The lowest BCUT2D eigenvalue weighted by atomic mass is 9.93. The number of aliphatic hydroxyl groups is 3. The highest BCUT2D eigenvalue weighted by molar-refractivity contribution is 7.75. The van der Waals surface area contributed by atoms with Crippen molar-refractivity contribution < 1.29 is 24.7 Å². The second-order valence-electron chi connectivity index (χ2n) is 2.47. The zero-order valence-electron chi connectivity index (χ0n) is 6.35. The van der Waals surface area contributed by atoms with Gasteiger partial charge in [0.25, 0.3) is 7.73 Å². The van der Waals surface area contributed by atoms with Gasteiger partial charge in [0.15, 0.2) is 0 Å². The number of rotatable bonds is 6. The third-order valence-corrected chi connectivity index (χ3v) is 2.12. The first-order valence-corrected chi connectivity index (χ1v) is 5.32. The molecule has 0 aliphatic rings. The number of aliphatic hydroxyl groups excluding tert-OH is 3. The van der Waals surface area contributed by atoms with E-state index in [0.29, 0.717) is 0 Å². The first-order chi connectivity index (χ1) is 5.60. The summed E-state index contributed by atoms with van der Waals surface area (Å²) in [6.45, 7) is -1.47. The third kappa shape index (κ3) is 3.96. The van der Waals surface area contributed by atoms with Gasteiger partial charge in [-0.1, -0.05) is 0 Å². The fraction of sp³-hybridized carbons (Fsp3) is 1.00. The summed E-state index contributed by atoms with van der Waals surface area (Å²) in [6, 6.07) is 0. The van der Waals surface area contributed by atoms with Gasteiger partial charge >= 0.3 is 0 Å². The van der Waals surface area contributed by atoms with E-state index in [-0.39, 0.29) is 6.61 Å². The Balaban J connectivity index is 3.93. The molecule has 12 heavy (non-hydrogen) atoms. The van der Waals surface area contributed by atoms with Crippen molar-refractivity contribution in [1.29, 1.82) is 0 Å². The molecule has 0 amide bonds. The Kier molecular flexibility index (Phi) is 6.31. The predicted molar refractivity (Wildman–Crippen MR) is 44.6 cm³/mol. The Labute approximate surface area is 76.3 Å². The smallest absolute Gasteiger partial charge is 0.274 e. The van der Waals surface area contributed by atoms with E-state index in [1.54, 1.807) is 0 Å². The van der Waals surface area contributed by atoms with Crippen molar-refractivity contribution in [3.8, 4) is 0 Å². The Morgan fingerprint density at radius 2 is 1.58 bits per heavy atom. The van der Waals surface area contributed by atoms with Gasteiger partial charge < -0.3 is 24.7 Å². The van der Waals surface area contributed by atoms with Gasteiger partial charge in [0, 0.05) is 0 Å². The quantitative estimate of drug-likeness (QED) is 0.448. The summed E-state index contributed by atoms with van der Waals surface area (Å²) in [6.07, 6.45) is 0. The first-order valence-electron chi connectivity index (χ1n) is 3.20. The molecule has 0 saturated carbocycles. The molecule has 0 radical (unpaired) electrons. The predicted octanol–water partition coefficient (Wildman–Crippen LogP) is -0.576. The molecule has 0 heterocycles. The normalized spacial score (nSPS) is 14.8. The van der Waals surface area contributed by atoms with Crippen LogP contribution in [0.3, 0.4) is 0 Å². The number of hydrogen-bond donors (Lipinski definition) is 4. The summed E-state index contributed by atoms with van der Waals surface area (Å²) in [5.41, 5.74) is -1.13. The summed E-state index contributed by atoms with van der Waals surface area (Å²) in [4.78, 5) is 8.57. The fourth-order valence-corrected chi connectivity index (χ4v) is 1.00. The highest BCUT2D eigenvalue weighted by Crippen LogP contribution is 2.38. The molecule has 0 aromatic rings. The monoisotopic (exact) mass is 218 g/mol. The molecule has 1 unspecified atom stereocenters. The molecule has 4 N–H and O–H groups in total. The van der Waals surface area contributed by atoms with Crippen LogP contribution in [-0.4, -0.2) is 46.6 Å². The molecule has 0 aromatic heterocycles. The lowest BCUT2D eigenvalue weighted by Crippen LogP contribution is -2.38. The van der Waals surface area contributed by atoms with Gasteiger partial charge in [-0.3, -0.25) is 0 Å². The largest absolute Gasteiger partial charge is 0.396 e. The van der Waals surface area contributed by atoms with Crippen molar-refractivity contribution in [3.05, 3.63) is 0 Å². The minimum Gasteiger partial charge on any atom is -0.396 e. The van der Waals surface area contributed by atoms with Crippen LogP contribution in [0.15, 0.2) is 0 Å². The minimum absolute atomic E-state index is 0.178. The molecule has 5 nitrogen and oxygen atoms in total. The van der Waals surface area contributed by atoms with Crippen LogP contribution in [0.25, 0.3) is 0 Å². The van der Waals surface area contributed by atoms with Crippen LogP contribution in [0, 0.1) is 5.41 Å². The fourth-order valence-electron chi connectivity index (χ4n) is 0.477. The van der Waals surface area contributed by atoms with Gasteiger partial charge in [0.05, 0.1) is 31.8 Å². The van der Waals surface area contributed by atoms with Crippen molar-refractivity contribution >= 4 is 19.0 Å². The van der Waals surface area contributed by atoms with Crippen LogP contribution in [0.5, 0.6) is 0 Å². The summed E-state index contributed by atoms with van der Waals surface area (Å²) in [5.74, 6) is 0. The van der Waals surface area contributed by atoms with Crippen molar-refractivity contribution in [2.24, 2.45) is 5.41 Å². The van der Waals surface area contributed by atoms with Gasteiger partial charge in [-0.15, -0.1) is 0 Å². The second kappa shape index (κ2) is 6.05. The van der Waals surface area contributed by atoms with Crippen molar-refractivity contribution in [3.63, 3.8) is 0 Å². The van der Waals surface area contributed by atoms with Crippen molar-refractivity contribution in [2.45, 2.75) is 0 Å².